The molecule has 0 aliphatic heterocycles. The van der Waals surface area contributed by atoms with Crippen molar-refractivity contribution in [3.63, 3.8) is 0 Å². The molecule has 0 unspecified atom stereocenters. The summed E-state index contributed by atoms with van der Waals surface area (Å²) in [5, 5.41) is 0. The first-order valence-electron chi connectivity index (χ1n) is 7.98. The van der Waals surface area contributed by atoms with E-state index in [0.717, 1.165) is 11.8 Å². The van der Waals surface area contributed by atoms with Gasteiger partial charge in [0.05, 0.1) is 0 Å². The largest absolute Gasteiger partial charge is 0.506 e. The van der Waals surface area contributed by atoms with Crippen molar-refractivity contribution in [1.29, 1.82) is 0 Å². The van der Waals surface area contributed by atoms with Crippen molar-refractivity contribution in [2.24, 2.45) is 5.92 Å². The van der Waals surface area contributed by atoms with Crippen LogP contribution in [0.4, 0.5) is 0 Å². The van der Waals surface area contributed by atoms with Gasteiger partial charge in [-0.15, -0.1) is 0 Å². The molecule has 0 nitrogen and oxygen atoms in total. The van der Waals surface area contributed by atoms with Gasteiger partial charge in [-0.3, -0.25) is 12.9 Å². The van der Waals surface area contributed by atoms with Crippen LogP contribution in [0.1, 0.15) is 69.8 Å². The fourth-order valence-electron chi connectivity index (χ4n) is 3.35. The van der Waals surface area contributed by atoms with E-state index < -0.39 is 0 Å². The molecule has 0 N–H and O–H groups in total. The van der Waals surface area contributed by atoms with Gasteiger partial charge in [-0.1, -0.05) is 56.9 Å². The predicted molar refractivity (Wildman–Crippen MR) is 89.6 cm³/mol. The summed E-state index contributed by atoms with van der Waals surface area (Å²) in [4.78, 5) is 0. The smallest absolute Gasteiger partial charge is 0.296 e. The molecule has 0 spiro atoms. The summed E-state index contributed by atoms with van der Waals surface area (Å²) in [5.41, 5.74) is 1.59. The van der Waals surface area contributed by atoms with Crippen molar-refractivity contribution in [2.75, 3.05) is 0 Å². The average Bonchev–Trinajstić information content (AvgIpc) is 2.48. The number of rotatable bonds is 6. The van der Waals surface area contributed by atoms with E-state index in [9.17, 15) is 0 Å². The lowest BCUT2D eigenvalue weighted by Gasteiger charge is -2.29. The van der Waals surface area contributed by atoms with Crippen LogP contribution in [0.15, 0.2) is 24.3 Å². The fourth-order valence-corrected chi connectivity index (χ4v) is 4.88. The second-order valence-corrected chi connectivity index (χ2v) is 8.85. The Labute approximate surface area is 134 Å². The van der Waals surface area contributed by atoms with E-state index in [0.29, 0.717) is 0 Å². The van der Waals surface area contributed by atoms with E-state index in [1.807, 2.05) is 0 Å². The zero-order valence-electron chi connectivity index (χ0n) is 12.2. The van der Waals surface area contributed by atoms with Crippen molar-refractivity contribution in [1.82, 2.24) is 0 Å². The Kier molecular flexibility index (Phi) is 7.25. The van der Waals surface area contributed by atoms with Gasteiger partial charge in [0.15, 0.2) is 0 Å². The summed E-state index contributed by atoms with van der Waals surface area (Å²) in [6.07, 6.45) is 11.5. The third kappa shape index (κ3) is 5.06. The van der Waals surface area contributed by atoms with E-state index in [2.05, 4.69) is 44.1 Å². The standard InChI is InChI=1S/C17H25.BrH.Mg/c1-2-3-5-8-15-11-13-17(14-12-15)16-9-6-4-7-10-16;;/h6-7,9-10,15,17H,2-3,5,8,11-14H2,1H3;1H;/q;;+1/p-1/t15-,17-;;. The topological polar surface area (TPSA) is 0 Å². The van der Waals surface area contributed by atoms with Crippen LogP contribution in [0.2, 0.25) is 0 Å². The lowest BCUT2D eigenvalue weighted by atomic mass is 9.77. The molecule has 0 saturated heterocycles. The Morgan fingerprint density at radius 3 is 2.32 bits per heavy atom. The van der Waals surface area contributed by atoms with Crippen molar-refractivity contribution < 1.29 is 0 Å². The monoisotopic (exact) mass is 332 g/mol. The van der Waals surface area contributed by atoms with Crippen LogP contribution in [0.5, 0.6) is 0 Å². The number of benzene rings is 1. The predicted octanol–water partition coefficient (Wildman–Crippen LogP) is 5.18. The minimum Gasteiger partial charge on any atom is -0.296 e. The Morgan fingerprint density at radius 1 is 1.05 bits per heavy atom. The SMILES string of the molecule is CCCCC[C@H]1CC[C@H](c2cc[c]([Mg][Br])cc2)CC1. The Balaban J connectivity index is 1.78. The van der Waals surface area contributed by atoms with Gasteiger partial charge in [0.25, 0.3) is 0 Å². The Hall–Kier alpha value is 0.466. The molecule has 1 saturated carbocycles. The zero-order valence-corrected chi connectivity index (χ0v) is 15.2. The van der Waals surface area contributed by atoms with Crippen LogP contribution < -0.4 is 3.69 Å². The van der Waals surface area contributed by atoms with Gasteiger partial charge in [0, 0.05) is 0 Å². The maximum atomic E-state index is 3.65. The maximum Gasteiger partial charge on any atom is 0.506 e. The van der Waals surface area contributed by atoms with E-state index in [-0.39, 0.29) is 18.2 Å². The van der Waals surface area contributed by atoms with Crippen LogP contribution in [-0.2, 0) is 0 Å². The summed E-state index contributed by atoms with van der Waals surface area (Å²) in [5.74, 6) is 1.87. The van der Waals surface area contributed by atoms with E-state index >= 15 is 0 Å². The van der Waals surface area contributed by atoms with Gasteiger partial charge < -0.3 is 0 Å². The maximum absolute atomic E-state index is 3.65. The molecule has 2 heteroatoms. The fraction of sp³-hybridized carbons (Fsp3) is 0.647. The molecule has 1 aliphatic carbocycles. The van der Waals surface area contributed by atoms with Crippen LogP contribution in [0.3, 0.4) is 0 Å². The number of hydrogen-bond donors (Lipinski definition) is 0. The molecule has 102 valence electrons. The normalized spacial score (nSPS) is 23.1. The number of hydrogen-bond acceptors (Lipinski definition) is 0. The highest BCUT2D eigenvalue weighted by molar-refractivity contribution is 9.23. The first-order chi connectivity index (χ1) is 9.33. The van der Waals surface area contributed by atoms with Crippen molar-refractivity contribution in [3.8, 4) is 0 Å². The van der Waals surface area contributed by atoms with Crippen molar-refractivity contribution >= 4 is 34.8 Å². The van der Waals surface area contributed by atoms with Gasteiger partial charge in [-0.05, 0) is 43.1 Å². The molecule has 1 aromatic carbocycles. The molecule has 0 aromatic heterocycles. The Morgan fingerprint density at radius 2 is 1.74 bits per heavy atom. The van der Waals surface area contributed by atoms with E-state index in [1.54, 1.807) is 5.56 Å². The molecule has 2 rings (SSSR count). The van der Waals surface area contributed by atoms with Crippen LogP contribution in [0.25, 0.3) is 0 Å². The quantitative estimate of drug-likeness (QED) is 0.497. The molecule has 0 amide bonds. The van der Waals surface area contributed by atoms with Gasteiger partial charge >= 0.3 is 18.2 Å². The number of halogens is 1. The minimum absolute atomic E-state index is 0.161. The summed E-state index contributed by atoms with van der Waals surface area (Å²) in [6, 6.07) is 9.44. The molecular formula is C17H25BrMg. The zero-order chi connectivity index (χ0) is 13.5. The minimum atomic E-state index is -0.161. The molecule has 1 fully saturated rings. The summed E-state index contributed by atoms with van der Waals surface area (Å²) in [6.45, 7) is 2.30. The molecule has 0 bridgehead atoms. The van der Waals surface area contributed by atoms with Crippen molar-refractivity contribution in [3.05, 3.63) is 29.8 Å². The van der Waals surface area contributed by atoms with Gasteiger partial charge in [-0.2, -0.15) is 3.69 Å². The molecule has 19 heavy (non-hydrogen) atoms. The van der Waals surface area contributed by atoms with Crippen molar-refractivity contribution in [2.45, 2.75) is 64.2 Å². The summed E-state index contributed by atoms with van der Waals surface area (Å²) in [7, 11) is 0. The molecule has 1 aromatic rings. The summed E-state index contributed by atoms with van der Waals surface area (Å²) < 4.78 is 1.53. The lowest BCUT2D eigenvalue weighted by molar-refractivity contribution is 0.303. The molecular weight excluding hydrogens is 308 g/mol. The molecule has 1 aliphatic rings. The highest BCUT2D eigenvalue weighted by Crippen LogP contribution is 2.37. The highest BCUT2D eigenvalue weighted by atomic mass is 79.9. The van der Waals surface area contributed by atoms with E-state index in [1.165, 1.54) is 55.1 Å². The van der Waals surface area contributed by atoms with Gasteiger partial charge in [0.1, 0.15) is 0 Å². The third-order valence-electron chi connectivity index (χ3n) is 4.67. The Bertz CT molecular complexity index is 352. The second-order valence-electron chi connectivity index (χ2n) is 6.09. The second kappa shape index (κ2) is 8.69. The van der Waals surface area contributed by atoms with Crippen LogP contribution >= 0.6 is 12.9 Å². The van der Waals surface area contributed by atoms with Crippen LogP contribution in [-0.4, -0.2) is 18.2 Å². The highest BCUT2D eigenvalue weighted by Gasteiger charge is 2.21. The summed E-state index contributed by atoms with van der Waals surface area (Å²) >= 11 is 3.49. The third-order valence-corrected chi connectivity index (χ3v) is 7.39. The number of unbranched alkanes of at least 4 members (excludes halogenated alkanes) is 2. The van der Waals surface area contributed by atoms with E-state index in [4.69, 9.17) is 0 Å². The molecule has 0 heterocycles. The van der Waals surface area contributed by atoms with Gasteiger partial charge in [-0.25, -0.2) is 0 Å². The first kappa shape index (κ1) is 15.8. The average molecular weight is 334 g/mol. The van der Waals surface area contributed by atoms with Crippen LogP contribution in [0, 0.1) is 5.92 Å². The molecule has 0 radical (unpaired) electrons. The van der Waals surface area contributed by atoms with Gasteiger partial charge in [0.2, 0.25) is 0 Å². The lowest BCUT2D eigenvalue weighted by Crippen LogP contribution is -2.14. The first-order valence-corrected chi connectivity index (χ1v) is 12.6. The molecule has 0 atom stereocenters.